The van der Waals surface area contributed by atoms with E-state index in [2.05, 4.69) is 5.32 Å². The smallest absolute Gasteiger partial charge is 0.264 e. The third kappa shape index (κ3) is 9.18. The van der Waals surface area contributed by atoms with Crippen LogP contribution in [0.4, 0.5) is 0 Å². The molecule has 0 saturated heterocycles. The van der Waals surface area contributed by atoms with E-state index in [1.807, 2.05) is 32.4 Å². The highest BCUT2D eigenvalue weighted by molar-refractivity contribution is 8.08. The van der Waals surface area contributed by atoms with Gasteiger partial charge in [0.15, 0.2) is 0 Å². The fourth-order valence-electron chi connectivity index (χ4n) is 1.84. The van der Waals surface area contributed by atoms with Gasteiger partial charge in [-0.25, -0.2) is 4.67 Å². The van der Waals surface area contributed by atoms with Crippen LogP contribution in [0.15, 0.2) is 0 Å². The van der Waals surface area contributed by atoms with Crippen LogP contribution in [0.25, 0.3) is 0 Å². The average molecular weight is 354 g/mol. The second kappa shape index (κ2) is 13.4. The van der Waals surface area contributed by atoms with Gasteiger partial charge in [0.1, 0.15) is 0 Å². The van der Waals surface area contributed by atoms with Gasteiger partial charge in [-0.2, -0.15) is 0 Å². The van der Waals surface area contributed by atoms with E-state index in [1.54, 1.807) is 0 Å². The van der Waals surface area contributed by atoms with Crippen molar-refractivity contribution >= 4 is 24.4 Å². The number of rotatable bonds is 14. The van der Waals surface area contributed by atoms with Crippen molar-refractivity contribution < 1.29 is 18.6 Å². The summed E-state index contributed by atoms with van der Waals surface area (Å²) in [5.74, 6) is -0.0569. The first kappa shape index (κ1) is 22.0. The van der Waals surface area contributed by atoms with Crippen molar-refractivity contribution in [3.63, 3.8) is 0 Å². The normalized spacial score (nSPS) is 11.9. The van der Waals surface area contributed by atoms with Crippen LogP contribution in [0.5, 0.6) is 0 Å². The predicted octanol–water partition coefficient (Wildman–Crippen LogP) is 2.54. The summed E-state index contributed by atoms with van der Waals surface area (Å²) >= 11 is 5.57. The molecule has 0 fully saturated rings. The first-order chi connectivity index (χ1) is 10.5. The third-order valence-electron chi connectivity index (χ3n) is 2.73. The Morgan fingerprint density at radius 1 is 1.14 bits per heavy atom. The van der Waals surface area contributed by atoms with Gasteiger partial charge < -0.3 is 19.1 Å². The summed E-state index contributed by atoms with van der Waals surface area (Å²) in [7, 11) is 0. The van der Waals surface area contributed by atoms with Crippen LogP contribution in [0.3, 0.4) is 0 Å². The molecule has 0 saturated carbocycles. The topological polar surface area (TPSA) is 60.0 Å². The molecule has 1 amide bonds. The molecule has 0 aliphatic heterocycles. The molecule has 0 aliphatic carbocycles. The summed E-state index contributed by atoms with van der Waals surface area (Å²) < 4.78 is 18.5. The second-order valence-corrected chi connectivity index (χ2v) is 8.00. The molecule has 1 N–H and O–H groups in total. The van der Waals surface area contributed by atoms with Crippen LogP contribution < -0.4 is 5.32 Å². The second-order valence-electron chi connectivity index (χ2n) is 4.59. The Morgan fingerprint density at radius 2 is 1.77 bits per heavy atom. The zero-order chi connectivity index (χ0) is 16.8. The van der Waals surface area contributed by atoms with E-state index >= 15 is 0 Å². The first-order valence-corrected chi connectivity index (χ1v) is 10.6. The van der Waals surface area contributed by atoms with Crippen molar-refractivity contribution in [3.8, 4) is 0 Å². The van der Waals surface area contributed by atoms with Gasteiger partial charge in [0.05, 0.1) is 19.8 Å². The van der Waals surface area contributed by atoms with Gasteiger partial charge >= 0.3 is 0 Å². The zero-order valence-electron chi connectivity index (χ0n) is 14.3. The van der Waals surface area contributed by atoms with Crippen LogP contribution in [0, 0.1) is 0 Å². The van der Waals surface area contributed by atoms with E-state index in [4.69, 9.17) is 25.6 Å². The largest absolute Gasteiger partial charge is 0.382 e. The molecule has 0 unspecified atom stereocenters. The summed E-state index contributed by atoms with van der Waals surface area (Å²) in [5.41, 5.74) is 0. The number of ether oxygens (including phenoxy) is 1. The standard InChI is InChI=1S/C14H31N2O4PS/c1-5-11-16(21(22,19-7-3)20-8-4)13-14(17)15-10-9-12-18-6-2/h5-13H2,1-4H3,(H,15,17). The number of hydrogen-bond donors (Lipinski definition) is 1. The average Bonchev–Trinajstić information content (AvgIpc) is 2.47. The molecule has 6 nitrogen and oxygen atoms in total. The minimum Gasteiger partial charge on any atom is -0.382 e. The van der Waals surface area contributed by atoms with Gasteiger partial charge in [0, 0.05) is 26.3 Å². The van der Waals surface area contributed by atoms with Crippen molar-refractivity contribution in [2.75, 3.05) is 46.1 Å². The molecule has 22 heavy (non-hydrogen) atoms. The number of carbonyl (C=O) groups is 1. The maximum Gasteiger partial charge on any atom is 0.264 e. The van der Waals surface area contributed by atoms with Crippen LogP contribution in [-0.2, 0) is 30.4 Å². The van der Waals surface area contributed by atoms with E-state index in [0.29, 0.717) is 39.5 Å². The highest BCUT2D eigenvalue weighted by Crippen LogP contribution is 2.52. The maximum atomic E-state index is 12.1. The summed E-state index contributed by atoms with van der Waals surface area (Å²) in [6.07, 6.45) is 1.69. The van der Waals surface area contributed by atoms with Crippen molar-refractivity contribution in [1.29, 1.82) is 0 Å². The third-order valence-corrected chi connectivity index (χ3v) is 6.26. The summed E-state index contributed by atoms with van der Waals surface area (Å²) in [4.78, 5) is 12.1. The highest BCUT2D eigenvalue weighted by atomic mass is 32.5. The zero-order valence-corrected chi connectivity index (χ0v) is 16.0. The van der Waals surface area contributed by atoms with E-state index in [0.717, 1.165) is 12.8 Å². The maximum absolute atomic E-state index is 12.1. The minimum atomic E-state index is -2.57. The van der Waals surface area contributed by atoms with E-state index in [-0.39, 0.29) is 12.5 Å². The number of amides is 1. The van der Waals surface area contributed by atoms with E-state index in [9.17, 15) is 4.79 Å². The van der Waals surface area contributed by atoms with E-state index in [1.165, 1.54) is 0 Å². The molecule has 0 radical (unpaired) electrons. The minimum absolute atomic E-state index is 0.0569. The fourth-order valence-corrected chi connectivity index (χ4v) is 4.69. The molecule has 132 valence electrons. The van der Waals surface area contributed by atoms with Gasteiger partial charge in [0.2, 0.25) is 5.91 Å². The number of hydrogen-bond acceptors (Lipinski definition) is 5. The van der Waals surface area contributed by atoms with Gasteiger partial charge in [-0.05, 0) is 45.4 Å². The van der Waals surface area contributed by atoms with E-state index < -0.39 is 6.64 Å². The fraction of sp³-hybridized carbons (Fsp3) is 0.929. The van der Waals surface area contributed by atoms with Crippen molar-refractivity contribution in [2.24, 2.45) is 0 Å². The molecule has 8 heteroatoms. The van der Waals surface area contributed by atoms with Gasteiger partial charge in [-0.15, -0.1) is 0 Å². The molecule has 0 aliphatic rings. The lowest BCUT2D eigenvalue weighted by molar-refractivity contribution is -0.121. The predicted molar refractivity (Wildman–Crippen MR) is 93.5 cm³/mol. The van der Waals surface area contributed by atoms with Crippen molar-refractivity contribution in [2.45, 2.75) is 40.5 Å². The Morgan fingerprint density at radius 3 is 2.27 bits per heavy atom. The lowest BCUT2D eigenvalue weighted by Gasteiger charge is -2.32. The molecular weight excluding hydrogens is 323 g/mol. The molecule has 0 atom stereocenters. The number of carbonyl (C=O) groups excluding carboxylic acids is 1. The quantitative estimate of drug-likeness (QED) is 0.382. The highest BCUT2D eigenvalue weighted by Gasteiger charge is 2.28. The molecule has 0 heterocycles. The van der Waals surface area contributed by atoms with Gasteiger partial charge in [-0.3, -0.25) is 4.79 Å². The van der Waals surface area contributed by atoms with Crippen LogP contribution in [0.1, 0.15) is 40.5 Å². The van der Waals surface area contributed by atoms with Gasteiger partial charge in [-0.1, -0.05) is 6.92 Å². The van der Waals surface area contributed by atoms with Crippen LogP contribution in [-0.4, -0.2) is 56.6 Å². The molecule has 0 aromatic rings. The lowest BCUT2D eigenvalue weighted by atomic mass is 10.4. The number of nitrogens with zero attached hydrogens (tertiary/aromatic N) is 1. The van der Waals surface area contributed by atoms with Crippen LogP contribution in [0.2, 0.25) is 0 Å². The molecule has 0 spiro atoms. The summed E-state index contributed by atoms with van der Waals surface area (Å²) in [5, 5.41) is 2.89. The lowest BCUT2D eigenvalue weighted by Crippen LogP contribution is -2.37. The summed E-state index contributed by atoms with van der Waals surface area (Å²) in [6.45, 7) is 9.02. The Balaban J connectivity index is 4.47. The molecule has 0 rings (SSSR count). The Hall–Kier alpha value is -0.0400. The molecular formula is C14H31N2O4PS. The van der Waals surface area contributed by atoms with Crippen molar-refractivity contribution in [1.82, 2.24) is 9.99 Å². The van der Waals surface area contributed by atoms with Crippen molar-refractivity contribution in [3.05, 3.63) is 0 Å². The summed E-state index contributed by atoms with van der Waals surface area (Å²) in [6, 6.07) is 0. The molecule has 0 aromatic carbocycles. The van der Waals surface area contributed by atoms with Crippen LogP contribution >= 0.6 is 6.64 Å². The Kier molecular flexibility index (Phi) is 13.4. The number of nitrogens with one attached hydrogen (secondary N) is 1. The Bertz CT molecular complexity index is 335. The monoisotopic (exact) mass is 354 g/mol. The molecule has 0 bridgehead atoms. The Labute approximate surface area is 140 Å². The SMILES string of the molecule is CCCN(CC(=O)NCCCOCC)P(=S)(OCC)OCC. The van der Waals surface area contributed by atoms with Gasteiger partial charge in [0.25, 0.3) is 6.64 Å². The molecule has 0 aromatic heterocycles. The first-order valence-electron chi connectivity index (χ1n) is 8.02.